The Hall–Kier alpha value is -4.61. The van der Waals surface area contributed by atoms with Gasteiger partial charge in [-0.3, -0.25) is 9.59 Å². The molecule has 8 unspecified atom stereocenters. The van der Waals surface area contributed by atoms with Crippen molar-refractivity contribution in [3.63, 3.8) is 0 Å². The van der Waals surface area contributed by atoms with E-state index < -0.39 is 53.6 Å². The first-order chi connectivity index (χ1) is 29.1. The summed E-state index contributed by atoms with van der Waals surface area (Å²) >= 11 is 0. The van der Waals surface area contributed by atoms with Crippen LogP contribution in [0.15, 0.2) is 102 Å². The lowest BCUT2D eigenvalue weighted by molar-refractivity contribution is -0.157. The second kappa shape index (κ2) is 16.9. The van der Waals surface area contributed by atoms with E-state index in [1.54, 1.807) is 32.9 Å². The maximum atomic E-state index is 14.6. The highest BCUT2D eigenvalue weighted by Gasteiger charge is 2.57. The predicted molar refractivity (Wildman–Crippen MR) is 231 cm³/mol. The van der Waals surface area contributed by atoms with Gasteiger partial charge in [0.2, 0.25) is 11.7 Å². The molecule has 0 bridgehead atoms. The molecule has 0 aromatic heterocycles. The molecule has 0 radical (unpaired) electrons. The van der Waals surface area contributed by atoms with E-state index in [0.717, 1.165) is 48.8 Å². The molecule has 1 amide bonds. The van der Waals surface area contributed by atoms with Crippen LogP contribution in [-0.2, 0) is 39.1 Å². The number of aliphatic hydroxyl groups excluding tert-OH is 1. The molecule has 5 aliphatic rings. The van der Waals surface area contributed by atoms with Crippen LogP contribution in [0.5, 0.6) is 0 Å². The molecule has 2 saturated heterocycles. The minimum Gasteiger partial charge on any atom is -0.460 e. The molecule has 3 aromatic rings. The van der Waals surface area contributed by atoms with Gasteiger partial charge in [-0.1, -0.05) is 104 Å². The number of benzene rings is 3. The third kappa shape index (κ3) is 9.15. The number of nitrogens with one attached hydrogen (secondary N) is 1. The second-order valence-corrected chi connectivity index (χ2v) is 19.5. The number of amides is 1. The van der Waals surface area contributed by atoms with Crippen LogP contribution in [0.2, 0.25) is 0 Å². The van der Waals surface area contributed by atoms with Gasteiger partial charge in [0.15, 0.2) is 0 Å². The van der Waals surface area contributed by atoms with Crippen LogP contribution in [0.25, 0.3) is 6.08 Å². The fraction of sp³-hybridized carbons (Fsp3) is 0.510. The molecule has 3 aromatic carbocycles. The highest BCUT2D eigenvalue weighted by atomic mass is 16.8. The summed E-state index contributed by atoms with van der Waals surface area (Å²) in [7, 11) is 0. The van der Waals surface area contributed by atoms with Crippen molar-refractivity contribution in [2.24, 2.45) is 17.3 Å². The van der Waals surface area contributed by atoms with Gasteiger partial charge in [-0.2, -0.15) is 0 Å². The fourth-order valence-electron chi connectivity index (χ4n) is 10.2. The van der Waals surface area contributed by atoms with Gasteiger partial charge in [-0.25, -0.2) is 4.79 Å². The lowest BCUT2D eigenvalue weighted by Crippen LogP contribution is -2.45. The highest BCUT2D eigenvalue weighted by Crippen LogP contribution is 2.60. The monoisotopic (exact) mass is 831 g/mol. The quantitative estimate of drug-likeness (QED) is 0.144. The van der Waals surface area contributed by atoms with Crippen LogP contribution in [-0.4, -0.2) is 71.2 Å². The molecule has 10 nitrogen and oxygen atoms in total. The molecule has 2 saturated carbocycles. The van der Waals surface area contributed by atoms with Gasteiger partial charge in [0.05, 0.1) is 29.9 Å². The molecule has 324 valence electrons. The summed E-state index contributed by atoms with van der Waals surface area (Å²) in [5, 5.41) is 13.2. The van der Waals surface area contributed by atoms with E-state index in [1.165, 1.54) is 5.57 Å². The Kier molecular flexibility index (Phi) is 11.9. The highest BCUT2D eigenvalue weighted by molar-refractivity contribution is 5.95. The SMILES string of the molecule is CC(C)(C)OC(=O)CCC(CO)NC(=O)C1=CC2OC(c3ccccc3)(c3ccccc3)OC2C(OC(=O)c2ccccc2C=C2CCC3OC3(C)CCC3C2CC3(C)C)C1. The standard InChI is InChI=1S/C51H61NO9/c1-48(2,3)60-44(54)24-22-37(31-53)52-46(55)34-28-41(45-42(29-34)58-51(61-45,35-16-9-7-10-17-35)36-18-11-8-12-19-36)57-47(56)38-20-14-13-15-32(38)27-33-21-23-43-50(6,59-43)26-25-40-39(33)30-49(40,4)5/h7-20,27,29,37,39-43,45,53H,21-26,28,30-31H2,1-6H3,(H,52,55). The van der Waals surface area contributed by atoms with Gasteiger partial charge >= 0.3 is 11.9 Å². The van der Waals surface area contributed by atoms with Crippen molar-refractivity contribution in [3.8, 4) is 0 Å². The zero-order valence-corrected chi connectivity index (χ0v) is 36.4. The number of ether oxygens (including phenoxy) is 5. The Morgan fingerprint density at radius 3 is 2.23 bits per heavy atom. The van der Waals surface area contributed by atoms with Crippen molar-refractivity contribution in [3.05, 3.63) is 124 Å². The van der Waals surface area contributed by atoms with Crippen molar-refractivity contribution >= 4 is 23.9 Å². The molecule has 10 heteroatoms. The van der Waals surface area contributed by atoms with Gasteiger partial charge in [-0.05, 0) is 101 Å². The molecule has 4 fully saturated rings. The van der Waals surface area contributed by atoms with Crippen LogP contribution < -0.4 is 5.32 Å². The van der Waals surface area contributed by atoms with E-state index in [2.05, 4.69) is 32.2 Å². The van der Waals surface area contributed by atoms with Crippen LogP contribution in [0.3, 0.4) is 0 Å². The van der Waals surface area contributed by atoms with Gasteiger partial charge < -0.3 is 34.1 Å². The average molecular weight is 832 g/mol. The van der Waals surface area contributed by atoms with Gasteiger partial charge in [0, 0.05) is 29.5 Å². The largest absolute Gasteiger partial charge is 0.460 e. The Morgan fingerprint density at radius 2 is 1.57 bits per heavy atom. The number of aliphatic hydroxyl groups is 1. The zero-order chi connectivity index (χ0) is 43.2. The smallest absolute Gasteiger partial charge is 0.339 e. The molecule has 3 aliphatic carbocycles. The average Bonchev–Trinajstić information content (AvgIpc) is 3.68. The topological polar surface area (TPSA) is 133 Å². The predicted octanol–water partition coefficient (Wildman–Crippen LogP) is 8.60. The minimum atomic E-state index is -1.36. The number of carbonyl (C=O) groups excluding carboxylic acids is 3. The molecule has 2 heterocycles. The van der Waals surface area contributed by atoms with Crippen LogP contribution in [0.1, 0.15) is 120 Å². The third-order valence-corrected chi connectivity index (χ3v) is 13.5. The number of esters is 2. The Balaban J connectivity index is 1.08. The van der Waals surface area contributed by atoms with E-state index in [0.29, 0.717) is 23.0 Å². The van der Waals surface area contributed by atoms with Crippen LogP contribution in [0.4, 0.5) is 0 Å². The summed E-state index contributed by atoms with van der Waals surface area (Å²) in [6.07, 6.45) is 7.16. The summed E-state index contributed by atoms with van der Waals surface area (Å²) in [6.45, 7) is 12.0. The molecular weight excluding hydrogens is 771 g/mol. The number of carbonyl (C=O) groups is 3. The van der Waals surface area contributed by atoms with Crippen LogP contribution >= 0.6 is 0 Å². The van der Waals surface area contributed by atoms with Crippen LogP contribution in [0, 0.1) is 17.3 Å². The summed E-state index contributed by atoms with van der Waals surface area (Å²) in [5.41, 5.74) is 3.99. The zero-order valence-electron chi connectivity index (χ0n) is 36.4. The van der Waals surface area contributed by atoms with E-state index in [-0.39, 0.29) is 43.0 Å². The maximum absolute atomic E-state index is 14.6. The van der Waals surface area contributed by atoms with Gasteiger partial charge in [0.1, 0.15) is 23.9 Å². The summed E-state index contributed by atoms with van der Waals surface area (Å²) < 4.78 is 32.0. The van der Waals surface area contributed by atoms with E-state index in [1.807, 2.05) is 78.9 Å². The molecule has 2 N–H and O–H groups in total. The number of epoxide rings is 1. The number of hydrogen-bond donors (Lipinski definition) is 2. The van der Waals surface area contributed by atoms with Gasteiger partial charge in [0.25, 0.3) is 0 Å². The first-order valence-electron chi connectivity index (χ1n) is 22.1. The number of rotatable bonds is 11. The van der Waals surface area contributed by atoms with E-state index in [9.17, 15) is 19.5 Å². The number of allylic oxidation sites excluding steroid dienone is 1. The summed E-state index contributed by atoms with van der Waals surface area (Å²) in [6, 6.07) is 26.1. The van der Waals surface area contributed by atoms with Gasteiger partial charge in [-0.15, -0.1) is 0 Å². The molecule has 8 rings (SSSR count). The first-order valence-corrected chi connectivity index (χ1v) is 22.1. The van der Waals surface area contributed by atoms with E-state index in [4.69, 9.17) is 23.7 Å². The lowest BCUT2D eigenvalue weighted by Gasteiger charge is -2.53. The van der Waals surface area contributed by atoms with Crippen molar-refractivity contribution < 1.29 is 43.2 Å². The van der Waals surface area contributed by atoms with E-state index >= 15 is 0 Å². The van der Waals surface area contributed by atoms with Crippen molar-refractivity contribution in [1.82, 2.24) is 5.32 Å². The Labute approximate surface area is 360 Å². The minimum absolute atomic E-state index is 0.0167. The van der Waals surface area contributed by atoms with Crippen molar-refractivity contribution in [2.45, 2.75) is 140 Å². The number of hydrogen-bond acceptors (Lipinski definition) is 9. The fourth-order valence-corrected chi connectivity index (χ4v) is 10.2. The first kappa shape index (κ1) is 43.1. The Morgan fingerprint density at radius 1 is 0.902 bits per heavy atom. The second-order valence-electron chi connectivity index (χ2n) is 19.5. The summed E-state index contributed by atoms with van der Waals surface area (Å²) in [4.78, 5) is 41.2. The Bertz CT molecular complexity index is 2120. The molecular formula is C51H61NO9. The molecule has 2 aliphatic heterocycles. The summed E-state index contributed by atoms with van der Waals surface area (Å²) in [5.74, 6) is -1.76. The molecule has 8 atom stereocenters. The number of fused-ring (bicyclic) bond motifs is 3. The maximum Gasteiger partial charge on any atom is 0.339 e. The van der Waals surface area contributed by atoms with Crippen molar-refractivity contribution in [1.29, 1.82) is 0 Å². The molecule has 0 spiro atoms. The molecule has 61 heavy (non-hydrogen) atoms. The normalized spacial score (nSPS) is 29.8. The third-order valence-electron chi connectivity index (χ3n) is 13.5. The van der Waals surface area contributed by atoms with Crippen molar-refractivity contribution in [2.75, 3.05) is 6.61 Å². The lowest BCUT2D eigenvalue weighted by atomic mass is 9.52.